The number of carbonyl (C=O) groups is 2. The van der Waals surface area contributed by atoms with E-state index in [0.717, 1.165) is 40.9 Å². The van der Waals surface area contributed by atoms with Gasteiger partial charge in [0.15, 0.2) is 11.5 Å². The fraction of sp³-hybridized carbons (Fsp3) is 0.348. The minimum absolute atomic E-state index is 0.0769. The number of amides is 2. The third-order valence-electron chi connectivity index (χ3n) is 6.00. The van der Waals surface area contributed by atoms with Gasteiger partial charge >= 0.3 is 0 Å². The molecule has 0 unspecified atom stereocenters. The second-order valence-corrected chi connectivity index (χ2v) is 9.26. The Morgan fingerprint density at radius 1 is 1.12 bits per heavy atom. The Bertz CT molecular complexity index is 1240. The zero-order valence-corrected chi connectivity index (χ0v) is 19.4. The number of benzene rings is 1. The fourth-order valence-electron chi connectivity index (χ4n) is 4.40. The summed E-state index contributed by atoms with van der Waals surface area (Å²) in [6, 6.07) is 5.70. The first-order chi connectivity index (χ1) is 15.5. The quantitative estimate of drug-likeness (QED) is 0.568. The Labute approximate surface area is 194 Å². The standard InChI is InChI=1S/C23H22ClN3O4S/c1-30-15-4-3-12(9-16(15)31-2)20-21-13-7-8-25-10-17(13)32-23(21)26-14(22(20)24)11-27-18(28)5-6-19(27)29/h3-4,9,25H,5-8,10-11H2,1-2H3. The molecule has 0 radical (unpaired) electrons. The summed E-state index contributed by atoms with van der Waals surface area (Å²) < 4.78 is 10.9. The molecule has 2 amide bonds. The molecule has 0 saturated carbocycles. The van der Waals surface area contributed by atoms with Crippen molar-refractivity contribution in [2.45, 2.75) is 32.4 Å². The second-order valence-electron chi connectivity index (χ2n) is 7.80. The van der Waals surface area contributed by atoms with Crippen LogP contribution in [0.2, 0.25) is 5.02 Å². The maximum atomic E-state index is 12.2. The summed E-state index contributed by atoms with van der Waals surface area (Å²) >= 11 is 8.60. The van der Waals surface area contributed by atoms with E-state index in [1.165, 1.54) is 15.3 Å². The van der Waals surface area contributed by atoms with Crippen LogP contribution in [-0.2, 0) is 29.1 Å². The number of pyridine rings is 1. The van der Waals surface area contributed by atoms with Gasteiger partial charge in [-0.05, 0) is 36.2 Å². The number of hydrogen-bond donors (Lipinski definition) is 1. The number of thiophene rings is 1. The molecule has 0 aliphatic carbocycles. The first kappa shape index (κ1) is 21.2. The van der Waals surface area contributed by atoms with Gasteiger partial charge in [0.25, 0.3) is 0 Å². The number of imide groups is 1. The van der Waals surface area contributed by atoms with Crippen LogP contribution >= 0.6 is 22.9 Å². The number of ether oxygens (including phenoxy) is 2. The smallest absolute Gasteiger partial charge is 0.230 e. The van der Waals surface area contributed by atoms with Crippen LogP contribution in [0, 0.1) is 0 Å². The van der Waals surface area contributed by atoms with Gasteiger partial charge in [0.1, 0.15) is 4.83 Å². The molecule has 2 aliphatic heterocycles. The normalized spacial score (nSPS) is 16.0. The van der Waals surface area contributed by atoms with E-state index in [1.54, 1.807) is 25.6 Å². The van der Waals surface area contributed by atoms with Crippen LogP contribution in [0.1, 0.15) is 29.0 Å². The van der Waals surface area contributed by atoms with Crippen LogP contribution in [0.3, 0.4) is 0 Å². The van der Waals surface area contributed by atoms with Gasteiger partial charge < -0.3 is 14.8 Å². The summed E-state index contributed by atoms with van der Waals surface area (Å²) in [6.45, 7) is 1.76. The molecule has 2 aromatic heterocycles. The lowest BCUT2D eigenvalue weighted by Crippen LogP contribution is -2.29. The van der Waals surface area contributed by atoms with Crippen LogP contribution in [0.25, 0.3) is 21.3 Å². The molecule has 2 aliphatic rings. The average Bonchev–Trinajstić information content (AvgIpc) is 3.33. The van der Waals surface area contributed by atoms with E-state index in [9.17, 15) is 9.59 Å². The first-order valence-electron chi connectivity index (χ1n) is 10.4. The number of fused-ring (bicyclic) bond motifs is 3. The van der Waals surface area contributed by atoms with Gasteiger partial charge in [-0.15, -0.1) is 11.3 Å². The Morgan fingerprint density at radius 2 is 1.88 bits per heavy atom. The predicted octanol–water partition coefficient (Wildman–Crippen LogP) is 3.93. The lowest BCUT2D eigenvalue weighted by Gasteiger charge is -2.19. The van der Waals surface area contributed by atoms with Crippen molar-refractivity contribution in [2.75, 3.05) is 20.8 Å². The highest BCUT2D eigenvalue weighted by Crippen LogP contribution is 2.45. The maximum absolute atomic E-state index is 12.2. The van der Waals surface area contributed by atoms with Gasteiger partial charge in [-0.25, -0.2) is 4.98 Å². The highest BCUT2D eigenvalue weighted by Gasteiger charge is 2.31. The minimum Gasteiger partial charge on any atom is -0.493 e. The Morgan fingerprint density at radius 3 is 2.59 bits per heavy atom. The van der Waals surface area contributed by atoms with Crippen molar-refractivity contribution in [1.29, 1.82) is 0 Å². The van der Waals surface area contributed by atoms with Crippen molar-refractivity contribution in [3.63, 3.8) is 0 Å². The van der Waals surface area contributed by atoms with Crippen molar-refractivity contribution in [3.05, 3.63) is 39.4 Å². The molecule has 1 saturated heterocycles. The van der Waals surface area contributed by atoms with Gasteiger partial charge in [0, 0.05) is 35.2 Å². The van der Waals surface area contributed by atoms with E-state index < -0.39 is 0 Å². The first-order valence-corrected chi connectivity index (χ1v) is 11.6. The highest BCUT2D eigenvalue weighted by molar-refractivity contribution is 7.19. The number of nitrogens with one attached hydrogen (secondary N) is 1. The van der Waals surface area contributed by atoms with E-state index in [0.29, 0.717) is 22.2 Å². The topological polar surface area (TPSA) is 80.8 Å². The summed E-state index contributed by atoms with van der Waals surface area (Å²) in [5.41, 5.74) is 3.51. The van der Waals surface area contributed by atoms with E-state index in [-0.39, 0.29) is 31.2 Å². The zero-order chi connectivity index (χ0) is 22.4. The summed E-state index contributed by atoms with van der Waals surface area (Å²) in [5, 5.41) is 4.90. The molecule has 0 atom stereocenters. The summed E-state index contributed by atoms with van der Waals surface area (Å²) in [6.07, 6.45) is 1.36. The van der Waals surface area contributed by atoms with Crippen LogP contribution < -0.4 is 14.8 Å². The monoisotopic (exact) mass is 471 g/mol. The molecule has 5 rings (SSSR count). The molecule has 1 aromatic carbocycles. The van der Waals surface area contributed by atoms with Crippen LogP contribution in [0.4, 0.5) is 0 Å². The van der Waals surface area contributed by atoms with Gasteiger partial charge in [0.2, 0.25) is 11.8 Å². The molecular formula is C23H22ClN3O4S. The molecule has 3 aromatic rings. The largest absolute Gasteiger partial charge is 0.493 e. The van der Waals surface area contributed by atoms with Crippen molar-refractivity contribution in [2.24, 2.45) is 0 Å². The highest BCUT2D eigenvalue weighted by atomic mass is 35.5. The van der Waals surface area contributed by atoms with Gasteiger partial charge in [-0.3, -0.25) is 14.5 Å². The number of aromatic nitrogens is 1. The lowest BCUT2D eigenvalue weighted by molar-refractivity contribution is -0.139. The van der Waals surface area contributed by atoms with Gasteiger partial charge in [-0.1, -0.05) is 17.7 Å². The Hall–Kier alpha value is -2.68. The number of hydrogen-bond acceptors (Lipinski definition) is 7. The van der Waals surface area contributed by atoms with Crippen molar-refractivity contribution in [3.8, 4) is 22.6 Å². The lowest BCUT2D eigenvalue weighted by atomic mass is 9.96. The molecule has 1 N–H and O–H groups in total. The fourth-order valence-corrected chi connectivity index (χ4v) is 5.92. The third-order valence-corrected chi connectivity index (χ3v) is 7.54. The summed E-state index contributed by atoms with van der Waals surface area (Å²) in [7, 11) is 3.19. The molecule has 166 valence electrons. The number of halogens is 1. The Balaban J connectivity index is 1.74. The minimum atomic E-state index is -0.185. The molecular weight excluding hydrogens is 450 g/mol. The number of carbonyl (C=O) groups excluding carboxylic acids is 2. The third kappa shape index (κ3) is 3.43. The summed E-state index contributed by atoms with van der Waals surface area (Å²) in [5.74, 6) is 0.858. The van der Waals surface area contributed by atoms with Crippen LogP contribution in [0.15, 0.2) is 18.2 Å². The maximum Gasteiger partial charge on any atom is 0.230 e. The van der Waals surface area contributed by atoms with Crippen molar-refractivity contribution >= 4 is 45.0 Å². The molecule has 1 fully saturated rings. The SMILES string of the molecule is COc1ccc(-c2c(Cl)c(CN3C(=O)CCC3=O)nc3sc4c(c23)CCNC4)cc1OC. The second kappa shape index (κ2) is 8.35. The molecule has 0 bridgehead atoms. The molecule has 0 spiro atoms. The number of methoxy groups -OCH3 is 2. The van der Waals surface area contributed by atoms with Crippen molar-refractivity contribution in [1.82, 2.24) is 15.2 Å². The van der Waals surface area contributed by atoms with E-state index >= 15 is 0 Å². The van der Waals surface area contributed by atoms with E-state index in [4.69, 9.17) is 26.1 Å². The number of rotatable bonds is 5. The molecule has 7 nitrogen and oxygen atoms in total. The van der Waals surface area contributed by atoms with Crippen molar-refractivity contribution < 1.29 is 19.1 Å². The van der Waals surface area contributed by atoms with Crippen LogP contribution in [0.5, 0.6) is 11.5 Å². The molecule has 9 heteroatoms. The number of likely N-dealkylation sites (tertiary alicyclic amines) is 1. The average molecular weight is 472 g/mol. The molecule has 4 heterocycles. The molecule has 32 heavy (non-hydrogen) atoms. The Kier molecular flexibility index (Phi) is 5.53. The predicted molar refractivity (Wildman–Crippen MR) is 123 cm³/mol. The van der Waals surface area contributed by atoms with Crippen LogP contribution in [-0.4, -0.2) is 42.5 Å². The van der Waals surface area contributed by atoms with Gasteiger partial charge in [-0.2, -0.15) is 0 Å². The number of nitrogens with zero attached hydrogens (tertiary/aromatic N) is 2. The van der Waals surface area contributed by atoms with Gasteiger partial charge in [0.05, 0.1) is 31.5 Å². The van der Waals surface area contributed by atoms with E-state index in [1.807, 2.05) is 18.2 Å². The zero-order valence-electron chi connectivity index (χ0n) is 17.8. The summed E-state index contributed by atoms with van der Waals surface area (Å²) in [4.78, 5) is 32.7. The van der Waals surface area contributed by atoms with E-state index in [2.05, 4.69) is 5.32 Å².